The monoisotopic (exact) mass is 551 g/mol. The van der Waals surface area contributed by atoms with Crippen LogP contribution in [0.2, 0.25) is 0 Å². The van der Waals surface area contributed by atoms with Crippen LogP contribution in [0.15, 0.2) is 54.6 Å². The van der Waals surface area contributed by atoms with Gasteiger partial charge in [-0.05, 0) is 52.5 Å². The van der Waals surface area contributed by atoms with Crippen molar-refractivity contribution in [3.8, 4) is 0 Å². The Morgan fingerprint density at radius 1 is 1.16 bits per heavy atom. The standard InChI is InChI=1S/C22H22IN3O4S/c23-17-9-5-4-8-16(17)20(28)25-22(31)26-12-11-24-21(29)18(26)14-19(27)30-13-10-15-6-2-1-3-7-15/h1-9,18H,10-14H2,(H,24,29)(H,25,28,31). The Kier molecular flexibility index (Phi) is 8.35. The van der Waals surface area contributed by atoms with Crippen LogP contribution in [-0.4, -0.2) is 53.5 Å². The summed E-state index contributed by atoms with van der Waals surface area (Å²) in [7, 11) is 0. The molecular weight excluding hydrogens is 529 g/mol. The molecule has 1 aliphatic heterocycles. The molecule has 1 fully saturated rings. The Balaban J connectivity index is 1.58. The Bertz CT molecular complexity index is 970. The number of thiocarbonyl (C=S) groups is 1. The zero-order valence-corrected chi connectivity index (χ0v) is 19.6. The van der Waals surface area contributed by atoms with Gasteiger partial charge in [-0.2, -0.15) is 0 Å². The Hall–Kier alpha value is -2.53. The average Bonchev–Trinajstić information content (AvgIpc) is 2.76. The first-order valence-electron chi connectivity index (χ1n) is 9.79. The molecule has 1 saturated heterocycles. The van der Waals surface area contributed by atoms with Crippen LogP contribution in [0.4, 0.5) is 0 Å². The van der Waals surface area contributed by atoms with E-state index in [1.807, 2.05) is 42.5 Å². The number of amides is 2. The summed E-state index contributed by atoms with van der Waals surface area (Å²) in [5, 5.41) is 5.53. The Morgan fingerprint density at radius 2 is 1.87 bits per heavy atom. The van der Waals surface area contributed by atoms with Gasteiger partial charge in [-0.1, -0.05) is 42.5 Å². The minimum Gasteiger partial charge on any atom is -0.465 e. The zero-order valence-electron chi connectivity index (χ0n) is 16.7. The molecule has 3 rings (SSSR count). The number of nitrogens with zero attached hydrogens (tertiary/aromatic N) is 1. The van der Waals surface area contributed by atoms with Crippen molar-refractivity contribution in [1.82, 2.24) is 15.5 Å². The Morgan fingerprint density at radius 3 is 2.61 bits per heavy atom. The molecule has 0 aliphatic carbocycles. The first-order valence-corrected chi connectivity index (χ1v) is 11.3. The average molecular weight is 551 g/mol. The molecule has 1 unspecified atom stereocenters. The third-order valence-corrected chi connectivity index (χ3v) is 6.06. The molecule has 0 spiro atoms. The van der Waals surface area contributed by atoms with Crippen LogP contribution in [0.5, 0.6) is 0 Å². The van der Waals surface area contributed by atoms with E-state index in [9.17, 15) is 14.4 Å². The van der Waals surface area contributed by atoms with E-state index >= 15 is 0 Å². The van der Waals surface area contributed by atoms with Gasteiger partial charge in [0.1, 0.15) is 6.04 Å². The molecule has 2 aromatic carbocycles. The molecule has 1 atom stereocenters. The van der Waals surface area contributed by atoms with Gasteiger partial charge in [0.15, 0.2) is 5.11 Å². The third kappa shape index (κ3) is 6.47. The van der Waals surface area contributed by atoms with Crippen LogP contribution in [-0.2, 0) is 20.7 Å². The molecule has 1 heterocycles. The summed E-state index contributed by atoms with van der Waals surface area (Å²) in [5.74, 6) is -1.17. The quantitative estimate of drug-likeness (QED) is 0.326. The van der Waals surface area contributed by atoms with Gasteiger partial charge in [0.2, 0.25) is 5.91 Å². The molecule has 0 saturated carbocycles. The summed E-state index contributed by atoms with van der Waals surface area (Å²) in [6.07, 6.45) is 0.441. The number of halogens is 1. The second-order valence-electron chi connectivity index (χ2n) is 6.90. The summed E-state index contributed by atoms with van der Waals surface area (Å²) in [5.41, 5.74) is 1.55. The maximum atomic E-state index is 12.6. The molecule has 0 aromatic heterocycles. The SMILES string of the molecule is O=C(CC1C(=O)NCCN1C(=S)NC(=O)c1ccccc1I)OCCc1ccccc1. The highest BCUT2D eigenvalue weighted by molar-refractivity contribution is 14.1. The van der Waals surface area contributed by atoms with Crippen molar-refractivity contribution in [3.05, 3.63) is 69.3 Å². The number of carbonyl (C=O) groups is 3. The lowest BCUT2D eigenvalue weighted by Crippen LogP contribution is -2.60. The van der Waals surface area contributed by atoms with Crippen molar-refractivity contribution in [2.45, 2.75) is 18.9 Å². The van der Waals surface area contributed by atoms with Gasteiger partial charge in [-0.3, -0.25) is 19.7 Å². The molecule has 9 heteroatoms. The number of hydrogen-bond donors (Lipinski definition) is 2. The lowest BCUT2D eigenvalue weighted by atomic mass is 10.1. The molecule has 31 heavy (non-hydrogen) atoms. The highest BCUT2D eigenvalue weighted by Gasteiger charge is 2.34. The number of piperazine rings is 1. The van der Waals surface area contributed by atoms with E-state index in [2.05, 4.69) is 33.2 Å². The highest BCUT2D eigenvalue weighted by atomic mass is 127. The minimum absolute atomic E-state index is 0.113. The van der Waals surface area contributed by atoms with E-state index in [1.165, 1.54) is 0 Å². The van der Waals surface area contributed by atoms with Crippen molar-refractivity contribution >= 4 is 57.7 Å². The van der Waals surface area contributed by atoms with Gasteiger partial charge in [0.05, 0.1) is 18.6 Å². The summed E-state index contributed by atoms with van der Waals surface area (Å²) in [6, 6.07) is 16.0. The van der Waals surface area contributed by atoms with Crippen molar-refractivity contribution in [2.24, 2.45) is 0 Å². The second-order valence-corrected chi connectivity index (χ2v) is 8.45. The molecule has 0 bridgehead atoms. The van der Waals surface area contributed by atoms with Crippen LogP contribution in [0.1, 0.15) is 22.3 Å². The fraction of sp³-hybridized carbons (Fsp3) is 0.273. The third-order valence-electron chi connectivity index (χ3n) is 4.79. The van der Waals surface area contributed by atoms with E-state index in [0.29, 0.717) is 25.1 Å². The van der Waals surface area contributed by atoms with Crippen LogP contribution in [0.3, 0.4) is 0 Å². The van der Waals surface area contributed by atoms with E-state index < -0.39 is 12.0 Å². The van der Waals surface area contributed by atoms with E-state index in [0.717, 1.165) is 9.13 Å². The van der Waals surface area contributed by atoms with E-state index in [1.54, 1.807) is 17.0 Å². The molecule has 162 valence electrons. The van der Waals surface area contributed by atoms with Gasteiger partial charge in [0, 0.05) is 23.1 Å². The fourth-order valence-corrected chi connectivity index (χ4v) is 4.13. The predicted molar refractivity (Wildman–Crippen MR) is 128 cm³/mol. The van der Waals surface area contributed by atoms with Crippen molar-refractivity contribution in [1.29, 1.82) is 0 Å². The van der Waals surface area contributed by atoms with Gasteiger partial charge < -0.3 is 15.0 Å². The zero-order chi connectivity index (χ0) is 22.2. The number of carbonyl (C=O) groups excluding carboxylic acids is 3. The van der Waals surface area contributed by atoms with E-state index in [-0.39, 0.29) is 30.0 Å². The molecule has 2 N–H and O–H groups in total. The van der Waals surface area contributed by atoms with Gasteiger partial charge in [-0.25, -0.2) is 0 Å². The number of rotatable bonds is 6. The number of benzene rings is 2. The van der Waals surface area contributed by atoms with E-state index in [4.69, 9.17) is 17.0 Å². The van der Waals surface area contributed by atoms with Crippen molar-refractivity contribution < 1.29 is 19.1 Å². The van der Waals surface area contributed by atoms with Crippen LogP contribution >= 0.6 is 34.8 Å². The van der Waals surface area contributed by atoms with Gasteiger partial charge >= 0.3 is 5.97 Å². The first kappa shape index (κ1) is 23.1. The summed E-state index contributed by atoms with van der Waals surface area (Å²) in [6.45, 7) is 0.987. The molecule has 0 radical (unpaired) electrons. The number of esters is 1. The highest BCUT2D eigenvalue weighted by Crippen LogP contribution is 2.14. The lowest BCUT2D eigenvalue weighted by Gasteiger charge is -2.36. The van der Waals surface area contributed by atoms with Crippen LogP contribution < -0.4 is 10.6 Å². The Labute approximate surface area is 199 Å². The molecule has 1 aliphatic rings. The first-order chi connectivity index (χ1) is 15.0. The fourth-order valence-electron chi connectivity index (χ4n) is 3.19. The summed E-state index contributed by atoms with van der Waals surface area (Å²) < 4.78 is 6.10. The molecule has 2 amide bonds. The number of hydrogen-bond acceptors (Lipinski definition) is 5. The molecule has 7 nitrogen and oxygen atoms in total. The summed E-state index contributed by atoms with van der Waals surface area (Å²) in [4.78, 5) is 38.9. The smallest absolute Gasteiger partial charge is 0.308 e. The largest absolute Gasteiger partial charge is 0.465 e. The van der Waals surface area contributed by atoms with Crippen molar-refractivity contribution in [2.75, 3.05) is 19.7 Å². The minimum atomic E-state index is -0.833. The summed E-state index contributed by atoms with van der Waals surface area (Å²) >= 11 is 7.46. The topological polar surface area (TPSA) is 87.7 Å². The predicted octanol–water partition coefficient (Wildman–Crippen LogP) is 2.28. The maximum absolute atomic E-state index is 12.6. The van der Waals surface area contributed by atoms with Crippen molar-refractivity contribution in [3.63, 3.8) is 0 Å². The van der Waals surface area contributed by atoms with Gasteiger partial charge in [-0.15, -0.1) is 0 Å². The number of ether oxygens (including phenoxy) is 1. The lowest BCUT2D eigenvalue weighted by molar-refractivity contribution is -0.147. The van der Waals surface area contributed by atoms with Gasteiger partial charge in [0.25, 0.3) is 5.91 Å². The molecule has 2 aromatic rings. The normalized spacial score (nSPS) is 15.7. The molecular formula is C22H22IN3O4S. The second kappa shape index (κ2) is 11.2. The number of nitrogens with one attached hydrogen (secondary N) is 2. The van der Waals surface area contributed by atoms with Crippen LogP contribution in [0, 0.1) is 3.57 Å². The maximum Gasteiger partial charge on any atom is 0.308 e. The van der Waals surface area contributed by atoms with Crippen LogP contribution in [0.25, 0.3) is 0 Å².